The second-order valence-corrected chi connectivity index (χ2v) is 4.26. The predicted molar refractivity (Wildman–Crippen MR) is 71.5 cm³/mol. The van der Waals surface area contributed by atoms with Crippen LogP contribution in [0.4, 0.5) is 5.69 Å². The molecule has 1 amide bonds. The summed E-state index contributed by atoms with van der Waals surface area (Å²) < 4.78 is 1.67. The van der Waals surface area contributed by atoms with E-state index in [1.54, 1.807) is 55.1 Å². The van der Waals surface area contributed by atoms with E-state index < -0.39 is 5.97 Å². The Morgan fingerprint density at radius 1 is 1.21 bits per heavy atom. The molecule has 1 aromatic heterocycles. The number of hydrogen-bond acceptors (Lipinski definition) is 2. The number of carbonyl (C=O) groups excluding carboxylic acids is 1. The van der Waals surface area contributed by atoms with E-state index in [0.29, 0.717) is 16.9 Å². The summed E-state index contributed by atoms with van der Waals surface area (Å²) >= 11 is 0. The van der Waals surface area contributed by atoms with Gasteiger partial charge in [-0.15, -0.1) is 0 Å². The minimum absolute atomic E-state index is 0.116. The van der Waals surface area contributed by atoms with Gasteiger partial charge in [0.15, 0.2) is 0 Å². The molecular weight excluding hydrogens is 244 g/mol. The van der Waals surface area contributed by atoms with E-state index in [0.717, 1.165) is 0 Å². The van der Waals surface area contributed by atoms with Gasteiger partial charge in [-0.25, -0.2) is 4.79 Å². The van der Waals surface area contributed by atoms with Crippen molar-refractivity contribution in [1.82, 2.24) is 4.57 Å². The smallest absolute Gasteiger partial charge is 0.338 e. The van der Waals surface area contributed by atoms with Crippen LogP contribution in [0.5, 0.6) is 0 Å². The number of amides is 1. The van der Waals surface area contributed by atoms with Gasteiger partial charge in [0.2, 0.25) is 0 Å². The summed E-state index contributed by atoms with van der Waals surface area (Å²) in [6.45, 7) is 1.70. The molecule has 2 N–H and O–H groups in total. The van der Waals surface area contributed by atoms with Gasteiger partial charge in [0.05, 0.1) is 11.3 Å². The molecule has 98 valence electrons. The molecule has 0 radical (unpaired) electrons. The first-order chi connectivity index (χ1) is 9.00. The van der Waals surface area contributed by atoms with E-state index in [1.807, 2.05) is 0 Å². The molecule has 0 atom stereocenters. The van der Waals surface area contributed by atoms with Crippen molar-refractivity contribution in [3.8, 4) is 0 Å². The highest BCUT2D eigenvalue weighted by Gasteiger charge is 2.16. The van der Waals surface area contributed by atoms with Gasteiger partial charge in [0, 0.05) is 13.2 Å². The highest BCUT2D eigenvalue weighted by molar-refractivity contribution is 6.07. The van der Waals surface area contributed by atoms with Gasteiger partial charge in [-0.05, 0) is 30.7 Å². The van der Waals surface area contributed by atoms with Crippen LogP contribution in [0.1, 0.15) is 26.4 Å². The number of hydrogen-bond donors (Lipinski definition) is 2. The van der Waals surface area contributed by atoms with Crippen LogP contribution in [-0.2, 0) is 7.05 Å². The molecule has 0 bridgehead atoms. The molecule has 0 saturated carbocycles. The Morgan fingerprint density at radius 3 is 2.53 bits per heavy atom. The molecule has 0 aliphatic carbocycles. The van der Waals surface area contributed by atoms with E-state index in [1.165, 1.54) is 0 Å². The molecule has 1 heterocycles. The highest BCUT2D eigenvalue weighted by Crippen LogP contribution is 2.20. The van der Waals surface area contributed by atoms with E-state index >= 15 is 0 Å². The van der Waals surface area contributed by atoms with Crippen LogP contribution < -0.4 is 5.32 Å². The maximum Gasteiger partial charge on any atom is 0.338 e. The number of aromatic carboxylic acids is 1. The van der Waals surface area contributed by atoms with Crippen molar-refractivity contribution in [2.75, 3.05) is 5.32 Å². The number of anilines is 1. The topological polar surface area (TPSA) is 71.3 Å². The van der Waals surface area contributed by atoms with Crippen molar-refractivity contribution in [3.63, 3.8) is 0 Å². The Morgan fingerprint density at radius 2 is 1.95 bits per heavy atom. The zero-order valence-electron chi connectivity index (χ0n) is 10.7. The lowest BCUT2D eigenvalue weighted by Gasteiger charge is -2.10. The van der Waals surface area contributed by atoms with Gasteiger partial charge in [-0.3, -0.25) is 4.79 Å². The second-order valence-electron chi connectivity index (χ2n) is 4.26. The number of carboxylic acids is 1. The molecule has 2 rings (SSSR count). The number of nitrogens with one attached hydrogen (secondary N) is 1. The average molecular weight is 258 g/mol. The van der Waals surface area contributed by atoms with Crippen LogP contribution in [0, 0.1) is 6.92 Å². The standard InChI is InChI=1S/C14H14N2O3/c1-9-5-3-6-10(12(9)14(18)19)15-13(17)11-7-4-8-16(11)2/h3-8H,1-2H3,(H,15,17)(H,18,19). The lowest BCUT2D eigenvalue weighted by atomic mass is 10.1. The second kappa shape index (κ2) is 4.97. The van der Waals surface area contributed by atoms with E-state index in [4.69, 9.17) is 0 Å². The van der Waals surface area contributed by atoms with E-state index in [9.17, 15) is 14.7 Å². The largest absolute Gasteiger partial charge is 0.478 e. The summed E-state index contributed by atoms with van der Waals surface area (Å²) in [5.41, 5.74) is 1.50. The Balaban J connectivity index is 2.35. The fourth-order valence-electron chi connectivity index (χ4n) is 1.94. The third-order valence-corrected chi connectivity index (χ3v) is 2.91. The van der Waals surface area contributed by atoms with Crippen LogP contribution >= 0.6 is 0 Å². The first-order valence-corrected chi connectivity index (χ1v) is 5.76. The van der Waals surface area contributed by atoms with Gasteiger partial charge in [-0.2, -0.15) is 0 Å². The lowest BCUT2D eigenvalue weighted by molar-refractivity contribution is 0.0697. The number of aromatic nitrogens is 1. The summed E-state index contributed by atoms with van der Waals surface area (Å²) in [5.74, 6) is -1.39. The van der Waals surface area contributed by atoms with Crippen LogP contribution in [0.2, 0.25) is 0 Å². The van der Waals surface area contributed by atoms with Crippen molar-refractivity contribution in [1.29, 1.82) is 0 Å². The molecule has 2 aromatic rings. The van der Waals surface area contributed by atoms with Crippen molar-refractivity contribution in [3.05, 3.63) is 53.3 Å². The molecule has 0 unspecified atom stereocenters. The molecule has 1 aromatic carbocycles. The maximum absolute atomic E-state index is 12.1. The third-order valence-electron chi connectivity index (χ3n) is 2.91. The lowest BCUT2D eigenvalue weighted by Crippen LogP contribution is -2.17. The Hall–Kier alpha value is -2.56. The van der Waals surface area contributed by atoms with E-state index in [2.05, 4.69) is 5.32 Å². The highest BCUT2D eigenvalue weighted by atomic mass is 16.4. The zero-order valence-corrected chi connectivity index (χ0v) is 10.7. The first-order valence-electron chi connectivity index (χ1n) is 5.76. The molecule has 0 aliphatic rings. The normalized spacial score (nSPS) is 10.2. The molecule has 5 heteroatoms. The Bertz CT molecular complexity index is 644. The molecule has 0 aliphatic heterocycles. The fourth-order valence-corrected chi connectivity index (χ4v) is 1.94. The van der Waals surface area contributed by atoms with Crippen LogP contribution in [0.25, 0.3) is 0 Å². The minimum Gasteiger partial charge on any atom is -0.478 e. The van der Waals surface area contributed by atoms with Crippen molar-refractivity contribution in [2.24, 2.45) is 7.05 Å². The summed E-state index contributed by atoms with van der Waals surface area (Å²) in [7, 11) is 1.75. The Kier molecular flexibility index (Phi) is 3.37. The number of carbonyl (C=O) groups is 2. The average Bonchev–Trinajstić information content (AvgIpc) is 2.75. The molecular formula is C14H14N2O3. The predicted octanol–water partition coefficient (Wildman–Crippen LogP) is 2.28. The molecule has 5 nitrogen and oxygen atoms in total. The third kappa shape index (κ3) is 2.49. The molecule has 19 heavy (non-hydrogen) atoms. The molecule has 0 saturated heterocycles. The summed E-state index contributed by atoms with van der Waals surface area (Å²) in [5, 5.41) is 11.8. The number of carboxylic acid groups (broad SMARTS) is 1. The minimum atomic E-state index is -1.06. The van der Waals surface area contributed by atoms with Crippen molar-refractivity contribution in [2.45, 2.75) is 6.92 Å². The number of aryl methyl sites for hydroxylation is 2. The van der Waals surface area contributed by atoms with Crippen molar-refractivity contribution >= 4 is 17.6 Å². The van der Waals surface area contributed by atoms with Crippen LogP contribution in [0.15, 0.2) is 36.5 Å². The monoisotopic (exact) mass is 258 g/mol. The quantitative estimate of drug-likeness (QED) is 0.887. The summed E-state index contributed by atoms with van der Waals surface area (Å²) in [4.78, 5) is 23.3. The number of nitrogens with zero attached hydrogens (tertiary/aromatic N) is 1. The Labute approximate surface area is 110 Å². The number of benzene rings is 1. The van der Waals surface area contributed by atoms with Gasteiger partial charge in [0.1, 0.15) is 5.69 Å². The molecule has 0 fully saturated rings. The van der Waals surface area contributed by atoms with Crippen LogP contribution in [0.3, 0.4) is 0 Å². The van der Waals surface area contributed by atoms with Gasteiger partial charge in [0.25, 0.3) is 5.91 Å². The zero-order chi connectivity index (χ0) is 14.0. The summed E-state index contributed by atoms with van der Waals surface area (Å²) in [6, 6.07) is 8.41. The first kappa shape index (κ1) is 12.9. The maximum atomic E-state index is 12.1. The van der Waals surface area contributed by atoms with Crippen LogP contribution in [-0.4, -0.2) is 21.6 Å². The van der Waals surface area contributed by atoms with Gasteiger partial charge in [-0.1, -0.05) is 12.1 Å². The van der Waals surface area contributed by atoms with E-state index in [-0.39, 0.29) is 11.5 Å². The van der Waals surface area contributed by atoms with Gasteiger partial charge < -0.3 is 15.0 Å². The van der Waals surface area contributed by atoms with Gasteiger partial charge >= 0.3 is 5.97 Å². The summed E-state index contributed by atoms with van der Waals surface area (Å²) in [6.07, 6.45) is 1.75. The molecule has 0 spiro atoms. The van der Waals surface area contributed by atoms with Crippen molar-refractivity contribution < 1.29 is 14.7 Å². The fraction of sp³-hybridized carbons (Fsp3) is 0.143. The number of rotatable bonds is 3. The SMILES string of the molecule is Cc1cccc(NC(=O)c2cccn2C)c1C(=O)O.